The normalized spacial score (nSPS) is 46.2. The van der Waals surface area contributed by atoms with Crippen molar-refractivity contribution >= 4 is 0 Å². The number of hydrogen-bond donors (Lipinski definition) is 2. The molecule has 4 nitrogen and oxygen atoms in total. The maximum absolute atomic E-state index is 9.44. The highest BCUT2D eigenvalue weighted by molar-refractivity contribution is 4.89. The zero-order chi connectivity index (χ0) is 10.3. The van der Waals surface area contributed by atoms with Crippen LogP contribution in [0.15, 0.2) is 0 Å². The lowest BCUT2D eigenvalue weighted by molar-refractivity contribution is -0.0403. The van der Waals surface area contributed by atoms with Gasteiger partial charge in [0.15, 0.2) is 0 Å². The van der Waals surface area contributed by atoms with Crippen molar-refractivity contribution < 1.29 is 9.84 Å². The number of ether oxygens (including phenoxy) is 1. The summed E-state index contributed by atoms with van der Waals surface area (Å²) in [5, 5.41) is 12.8. The maximum Gasteiger partial charge on any atom is 0.0707 e. The molecule has 3 fully saturated rings. The minimum absolute atomic E-state index is 0.132. The number of nitrogens with zero attached hydrogens (tertiary/aromatic N) is 1. The van der Waals surface area contributed by atoms with Gasteiger partial charge in [-0.05, 0) is 19.3 Å². The molecule has 0 radical (unpaired) electrons. The molecule has 0 aromatic carbocycles. The molecule has 4 atom stereocenters. The molecule has 3 aliphatic heterocycles. The third-order valence-electron chi connectivity index (χ3n) is 3.80. The number of β-amino-alcohol motifs (C(OH)–C–C–N with tert-alkyl or cyclic N) is 1. The number of aliphatic hydroxyl groups excluding tert-OH is 1. The van der Waals surface area contributed by atoms with Crippen LogP contribution in [0.4, 0.5) is 0 Å². The summed E-state index contributed by atoms with van der Waals surface area (Å²) in [7, 11) is 0. The Labute approximate surface area is 90.6 Å². The Morgan fingerprint density at radius 2 is 2.00 bits per heavy atom. The minimum atomic E-state index is -0.132. The first-order valence-electron chi connectivity index (χ1n) is 6.09. The van der Waals surface area contributed by atoms with Crippen molar-refractivity contribution in [3.05, 3.63) is 0 Å². The average molecular weight is 212 g/mol. The van der Waals surface area contributed by atoms with E-state index in [1.54, 1.807) is 0 Å². The lowest BCUT2D eigenvalue weighted by Crippen LogP contribution is -2.47. The smallest absolute Gasteiger partial charge is 0.0707 e. The highest BCUT2D eigenvalue weighted by Crippen LogP contribution is 2.26. The number of aliphatic hydroxyl groups is 1. The number of fused-ring (bicyclic) bond motifs is 2. The Hall–Kier alpha value is -0.160. The van der Waals surface area contributed by atoms with E-state index in [0.717, 1.165) is 32.6 Å². The van der Waals surface area contributed by atoms with Crippen molar-refractivity contribution in [2.75, 3.05) is 26.2 Å². The lowest BCUT2D eigenvalue weighted by atomic mass is 10.2. The molecule has 3 aliphatic rings. The summed E-state index contributed by atoms with van der Waals surface area (Å²) in [5.74, 6) is 0. The second kappa shape index (κ2) is 4.01. The monoisotopic (exact) mass is 212 g/mol. The van der Waals surface area contributed by atoms with Crippen LogP contribution in [0.5, 0.6) is 0 Å². The third-order valence-corrected chi connectivity index (χ3v) is 3.80. The molecule has 0 aromatic heterocycles. The topological polar surface area (TPSA) is 44.7 Å². The van der Waals surface area contributed by atoms with Crippen molar-refractivity contribution in [3.63, 3.8) is 0 Å². The number of likely N-dealkylation sites (tertiary alicyclic amines) is 1. The van der Waals surface area contributed by atoms with Gasteiger partial charge in [0.25, 0.3) is 0 Å². The fourth-order valence-electron chi connectivity index (χ4n) is 3.10. The molecule has 15 heavy (non-hydrogen) atoms. The van der Waals surface area contributed by atoms with Crippen molar-refractivity contribution in [2.45, 2.75) is 43.6 Å². The van der Waals surface area contributed by atoms with Crippen LogP contribution in [-0.2, 0) is 4.74 Å². The van der Waals surface area contributed by atoms with Gasteiger partial charge in [0, 0.05) is 32.2 Å². The second-order valence-electron chi connectivity index (χ2n) is 5.17. The van der Waals surface area contributed by atoms with Gasteiger partial charge in [-0.3, -0.25) is 4.90 Å². The van der Waals surface area contributed by atoms with Gasteiger partial charge in [0.2, 0.25) is 0 Å². The van der Waals surface area contributed by atoms with Crippen LogP contribution in [0.2, 0.25) is 0 Å². The Bertz CT molecular complexity index is 225. The minimum Gasteiger partial charge on any atom is -0.392 e. The molecule has 0 aliphatic carbocycles. The molecule has 0 aromatic rings. The van der Waals surface area contributed by atoms with E-state index in [0.29, 0.717) is 18.2 Å². The molecule has 0 amide bonds. The Morgan fingerprint density at radius 1 is 1.27 bits per heavy atom. The summed E-state index contributed by atoms with van der Waals surface area (Å²) < 4.78 is 5.80. The number of nitrogens with one attached hydrogen (secondary N) is 1. The molecule has 2 bridgehead atoms. The lowest BCUT2D eigenvalue weighted by Gasteiger charge is -2.33. The molecular weight excluding hydrogens is 192 g/mol. The summed E-state index contributed by atoms with van der Waals surface area (Å²) in [6.07, 6.45) is 4.22. The molecule has 3 saturated heterocycles. The molecule has 4 heteroatoms. The molecular formula is C11H20N2O2. The van der Waals surface area contributed by atoms with Crippen LogP contribution in [-0.4, -0.2) is 60.5 Å². The summed E-state index contributed by atoms with van der Waals surface area (Å²) >= 11 is 0. The highest BCUT2D eigenvalue weighted by atomic mass is 16.5. The molecule has 2 N–H and O–H groups in total. The van der Waals surface area contributed by atoms with Gasteiger partial charge in [0.1, 0.15) is 0 Å². The van der Waals surface area contributed by atoms with Crippen LogP contribution < -0.4 is 5.32 Å². The van der Waals surface area contributed by atoms with Gasteiger partial charge in [-0.25, -0.2) is 0 Å². The van der Waals surface area contributed by atoms with Crippen LogP contribution >= 0.6 is 0 Å². The van der Waals surface area contributed by atoms with E-state index in [1.807, 2.05) is 0 Å². The van der Waals surface area contributed by atoms with E-state index in [9.17, 15) is 5.11 Å². The largest absolute Gasteiger partial charge is 0.392 e. The van der Waals surface area contributed by atoms with E-state index < -0.39 is 0 Å². The quantitative estimate of drug-likeness (QED) is 0.652. The summed E-state index contributed by atoms with van der Waals surface area (Å²) in [4.78, 5) is 2.50. The zero-order valence-corrected chi connectivity index (χ0v) is 9.06. The summed E-state index contributed by atoms with van der Waals surface area (Å²) in [6.45, 7) is 4.02. The average Bonchev–Trinajstić information content (AvgIpc) is 2.74. The Kier molecular flexibility index (Phi) is 2.68. The van der Waals surface area contributed by atoms with E-state index in [-0.39, 0.29) is 6.10 Å². The molecule has 3 rings (SSSR count). The van der Waals surface area contributed by atoms with E-state index in [4.69, 9.17) is 4.74 Å². The fraction of sp³-hybridized carbons (Fsp3) is 1.00. The van der Waals surface area contributed by atoms with Crippen molar-refractivity contribution in [1.82, 2.24) is 10.2 Å². The Morgan fingerprint density at radius 3 is 2.60 bits per heavy atom. The van der Waals surface area contributed by atoms with Gasteiger partial charge in [-0.1, -0.05) is 0 Å². The van der Waals surface area contributed by atoms with Crippen molar-refractivity contribution in [1.29, 1.82) is 0 Å². The first kappa shape index (κ1) is 10.0. The number of morpholine rings is 1. The molecule has 0 spiro atoms. The standard InChI is InChI=1S/C11H20N2O2/c14-9-3-8(12-4-9)5-13-6-10-1-2-11(7-13)15-10/h8-12,14H,1-7H2. The fourth-order valence-corrected chi connectivity index (χ4v) is 3.10. The highest BCUT2D eigenvalue weighted by Gasteiger charge is 2.35. The van der Waals surface area contributed by atoms with Gasteiger partial charge in [-0.15, -0.1) is 0 Å². The van der Waals surface area contributed by atoms with Gasteiger partial charge in [0.05, 0.1) is 18.3 Å². The first-order chi connectivity index (χ1) is 7.29. The maximum atomic E-state index is 9.44. The number of rotatable bonds is 2. The number of hydrogen-bond acceptors (Lipinski definition) is 4. The summed E-state index contributed by atoms with van der Waals surface area (Å²) in [5.41, 5.74) is 0. The van der Waals surface area contributed by atoms with E-state index in [1.165, 1.54) is 12.8 Å². The van der Waals surface area contributed by atoms with E-state index >= 15 is 0 Å². The van der Waals surface area contributed by atoms with Crippen molar-refractivity contribution in [2.24, 2.45) is 0 Å². The van der Waals surface area contributed by atoms with Gasteiger partial charge in [-0.2, -0.15) is 0 Å². The zero-order valence-electron chi connectivity index (χ0n) is 9.06. The summed E-state index contributed by atoms with van der Waals surface area (Å²) in [6, 6.07) is 0.484. The van der Waals surface area contributed by atoms with Gasteiger partial charge < -0.3 is 15.2 Å². The van der Waals surface area contributed by atoms with Crippen LogP contribution in [0, 0.1) is 0 Å². The van der Waals surface area contributed by atoms with Crippen LogP contribution in [0.25, 0.3) is 0 Å². The van der Waals surface area contributed by atoms with Crippen LogP contribution in [0.1, 0.15) is 19.3 Å². The molecule has 3 heterocycles. The van der Waals surface area contributed by atoms with E-state index in [2.05, 4.69) is 10.2 Å². The second-order valence-corrected chi connectivity index (χ2v) is 5.17. The molecule has 86 valence electrons. The Balaban J connectivity index is 1.51. The van der Waals surface area contributed by atoms with Crippen LogP contribution in [0.3, 0.4) is 0 Å². The predicted octanol–water partition coefficient (Wildman–Crippen LogP) is -0.428. The molecule has 0 saturated carbocycles. The van der Waals surface area contributed by atoms with Crippen molar-refractivity contribution in [3.8, 4) is 0 Å². The molecule has 4 unspecified atom stereocenters. The third kappa shape index (κ3) is 2.18. The SMILES string of the molecule is OC1CNC(CN2CC3CCC(C2)O3)C1. The first-order valence-corrected chi connectivity index (χ1v) is 6.09. The predicted molar refractivity (Wildman–Crippen MR) is 56.7 cm³/mol. The van der Waals surface area contributed by atoms with Gasteiger partial charge >= 0.3 is 0 Å².